The zero-order valence-electron chi connectivity index (χ0n) is 17.6. The molecule has 1 aliphatic rings. The van der Waals surface area contributed by atoms with E-state index in [2.05, 4.69) is 27.3 Å². The van der Waals surface area contributed by atoms with E-state index in [1.54, 1.807) is 11.0 Å². The Morgan fingerprint density at radius 2 is 2.00 bits per heavy atom. The van der Waals surface area contributed by atoms with E-state index < -0.39 is 0 Å². The number of carbonyl (C=O) groups is 1. The van der Waals surface area contributed by atoms with Gasteiger partial charge in [-0.1, -0.05) is 26.2 Å². The van der Waals surface area contributed by atoms with E-state index >= 15 is 0 Å². The van der Waals surface area contributed by atoms with Gasteiger partial charge in [-0.05, 0) is 47.5 Å². The molecule has 0 bridgehead atoms. The molecule has 29 heavy (non-hydrogen) atoms. The molecular formula is C21H32N6O2. The second kappa shape index (κ2) is 11.0. The highest BCUT2D eigenvalue weighted by molar-refractivity contribution is 5.94. The molecule has 3 rings (SSSR count). The Labute approximate surface area is 172 Å². The third-order valence-electron chi connectivity index (χ3n) is 5.40. The maximum Gasteiger partial charge on any atom is 0.253 e. The molecule has 2 heterocycles. The molecule has 8 nitrogen and oxygen atoms in total. The molecule has 1 fully saturated rings. The number of unbranched alkanes of at least 4 members (excludes halogenated alkanes) is 3. The number of ether oxygens (including phenoxy) is 1. The standard InChI is InChI=1S/C21H32N6O2/c1-3-4-5-6-9-26(11-10-25-12-14-29-15-13-25)21(28)19-7-8-20(18(2)16-19)27-17-22-23-24-27/h7-8,16-17H,3-6,9-15H2,1-2H3. The van der Waals surface area contributed by atoms with Crippen LogP contribution in [0, 0.1) is 6.92 Å². The smallest absolute Gasteiger partial charge is 0.253 e. The lowest BCUT2D eigenvalue weighted by atomic mass is 10.1. The van der Waals surface area contributed by atoms with Gasteiger partial charge in [0.15, 0.2) is 0 Å². The van der Waals surface area contributed by atoms with Crippen molar-refractivity contribution in [2.45, 2.75) is 39.5 Å². The van der Waals surface area contributed by atoms with Crippen LogP contribution in [0.1, 0.15) is 48.5 Å². The van der Waals surface area contributed by atoms with Gasteiger partial charge < -0.3 is 9.64 Å². The summed E-state index contributed by atoms with van der Waals surface area (Å²) in [7, 11) is 0. The van der Waals surface area contributed by atoms with E-state index in [4.69, 9.17) is 4.74 Å². The number of aryl methyl sites for hydroxylation is 1. The van der Waals surface area contributed by atoms with Crippen molar-refractivity contribution in [1.29, 1.82) is 0 Å². The molecule has 0 aliphatic carbocycles. The second-order valence-corrected chi connectivity index (χ2v) is 7.56. The summed E-state index contributed by atoms with van der Waals surface area (Å²) in [6.45, 7) is 10.1. The number of amides is 1. The molecule has 0 saturated carbocycles. The summed E-state index contributed by atoms with van der Waals surface area (Å²) >= 11 is 0. The average molecular weight is 401 g/mol. The summed E-state index contributed by atoms with van der Waals surface area (Å²) in [4.78, 5) is 17.7. The van der Waals surface area contributed by atoms with E-state index in [1.165, 1.54) is 12.8 Å². The molecular weight excluding hydrogens is 368 g/mol. The molecule has 0 radical (unpaired) electrons. The van der Waals surface area contributed by atoms with E-state index in [1.807, 2.05) is 30.0 Å². The lowest BCUT2D eigenvalue weighted by Crippen LogP contribution is -2.43. The third-order valence-corrected chi connectivity index (χ3v) is 5.40. The fourth-order valence-electron chi connectivity index (χ4n) is 3.63. The number of rotatable bonds is 10. The van der Waals surface area contributed by atoms with Crippen LogP contribution in [0.25, 0.3) is 5.69 Å². The fourth-order valence-corrected chi connectivity index (χ4v) is 3.63. The third kappa shape index (κ3) is 6.08. The van der Waals surface area contributed by atoms with Crippen molar-refractivity contribution in [2.24, 2.45) is 0 Å². The molecule has 1 aromatic heterocycles. The van der Waals surface area contributed by atoms with Crippen LogP contribution in [0.3, 0.4) is 0 Å². The monoisotopic (exact) mass is 400 g/mol. The molecule has 1 amide bonds. The van der Waals surface area contributed by atoms with Crippen molar-refractivity contribution in [1.82, 2.24) is 30.0 Å². The summed E-state index contributed by atoms with van der Waals surface area (Å²) in [5.74, 6) is 0.0983. The molecule has 0 unspecified atom stereocenters. The van der Waals surface area contributed by atoms with Crippen LogP contribution < -0.4 is 0 Å². The zero-order chi connectivity index (χ0) is 20.5. The Morgan fingerprint density at radius 1 is 1.17 bits per heavy atom. The number of tetrazole rings is 1. The molecule has 2 aromatic rings. The Hall–Kier alpha value is -2.32. The van der Waals surface area contributed by atoms with E-state index in [-0.39, 0.29) is 5.91 Å². The van der Waals surface area contributed by atoms with Crippen LogP contribution >= 0.6 is 0 Å². The van der Waals surface area contributed by atoms with Gasteiger partial charge in [0, 0.05) is 38.3 Å². The van der Waals surface area contributed by atoms with Crippen LogP contribution in [0.15, 0.2) is 24.5 Å². The number of hydrogen-bond donors (Lipinski definition) is 0. The minimum atomic E-state index is 0.0983. The SMILES string of the molecule is CCCCCCN(CCN1CCOCC1)C(=O)c1ccc(-n2cnnn2)c(C)c1. The van der Waals surface area contributed by atoms with Gasteiger partial charge in [0.05, 0.1) is 18.9 Å². The highest BCUT2D eigenvalue weighted by Gasteiger charge is 2.19. The molecule has 1 saturated heterocycles. The van der Waals surface area contributed by atoms with Gasteiger partial charge in [-0.2, -0.15) is 0 Å². The Bertz CT molecular complexity index is 759. The Morgan fingerprint density at radius 3 is 2.69 bits per heavy atom. The lowest BCUT2D eigenvalue weighted by molar-refractivity contribution is 0.0324. The Kier molecular flexibility index (Phi) is 8.13. The van der Waals surface area contributed by atoms with E-state index in [0.29, 0.717) is 0 Å². The number of benzene rings is 1. The maximum absolute atomic E-state index is 13.3. The molecule has 0 spiro atoms. The van der Waals surface area contributed by atoms with Crippen molar-refractivity contribution in [3.05, 3.63) is 35.7 Å². The number of morpholine rings is 1. The summed E-state index contributed by atoms with van der Waals surface area (Å²) < 4.78 is 7.05. The van der Waals surface area contributed by atoms with Crippen molar-refractivity contribution < 1.29 is 9.53 Å². The first kappa shape index (κ1) is 21.4. The van der Waals surface area contributed by atoms with Crippen molar-refractivity contribution in [2.75, 3.05) is 45.9 Å². The number of carbonyl (C=O) groups excluding carboxylic acids is 1. The second-order valence-electron chi connectivity index (χ2n) is 7.56. The first-order chi connectivity index (χ1) is 14.2. The van der Waals surface area contributed by atoms with Crippen LogP contribution in [0.4, 0.5) is 0 Å². The summed E-state index contributed by atoms with van der Waals surface area (Å²) in [6.07, 6.45) is 6.18. The molecule has 158 valence electrons. The highest BCUT2D eigenvalue weighted by atomic mass is 16.5. The van der Waals surface area contributed by atoms with Gasteiger partial charge in [-0.15, -0.1) is 5.10 Å². The predicted octanol–water partition coefficient (Wildman–Crippen LogP) is 2.33. The van der Waals surface area contributed by atoms with Crippen molar-refractivity contribution >= 4 is 5.91 Å². The zero-order valence-corrected chi connectivity index (χ0v) is 17.6. The lowest BCUT2D eigenvalue weighted by Gasteiger charge is -2.30. The van der Waals surface area contributed by atoms with Crippen LogP contribution in [-0.2, 0) is 4.74 Å². The van der Waals surface area contributed by atoms with Crippen molar-refractivity contribution in [3.63, 3.8) is 0 Å². The summed E-state index contributed by atoms with van der Waals surface area (Å²) in [6, 6.07) is 5.73. The van der Waals surface area contributed by atoms with Gasteiger partial charge in [0.25, 0.3) is 5.91 Å². The van der Waals surface area contributed by atoms with Gasteiger partial charge in [-0.3, -0.25) is 9.69 Å². The van der Waals surface area contributed by atoms with Crippen molar-refractivity contribution in [3.8, 4) is 5.69 Å². The van der Waals surface area contributed by atoms with Gasteiger partial charge in [-0.25, -0.2) is 4.68 Å². The van der Waals surface area contributed by atoms with Gasteiger partial charge in [0.1, 0.15) is 6.33 Å². The highest BCUT2D eigenvalue weighted by Crippen LogP contribution is 2.16. The number of hydrogen-bond acceptors (Lipinski definition) is 6. The van der Waals surface area contributed by atoms with Gasteiger partial charge >= 0.3 is 0 Å². The molecule has 0 N–H and O–H groups in total. The molecule has 1 aromatic carbocycles. The minimum Gasteiger partial charge on any atom is -0.379 e. The predicted molar refractivity (Wildman–Crippen MR) is 111 cm³/mol. The van der Waals surface area contributed by atoms with Gasteiger partial charge in [0.2, 0.25) is 0 Å². The van der Waals surface area contributed by atoms with Crippen LogP contribution in [0.2, 0.25) is 0 Å². The fraction of sp³-hybridized carbons (Fsp3) is 0.619. The first-order valence-corrected chi connectivity index (χ1v) is 10.6. The number of aromatic nitrogens is 4. The topological polar surface area (TPSA) is 76.4 Å². The summed E-state index contributed by atoms with van der Waals surface area (Å²) in [5.41, 5.74) is 2.58. The minimum absolute atomic E-state index is 0.0983. The summed E-state index contributed by atoms with van der Waals surface area (Å²) in [5, 5.41) is 11.3. The normalized spacial score (nSPS) is 14.8. The largest absolute Gasteiger partial charge is 0.379 e. The molecule has 8 heteroatoms. The maximum atomic E-state index is 13.3. The van der Waals surface area contributed by atoms with E-state index in [0.717, 1.165) is 75.6 Å². The molecule has 1 aliphatic heterocycles. The molecule has 0 atom stereocenters. The Balaban J connectivity index is 1.67. The van der Waals surface area contributed by atoms with E-state index in [9.17, 15) is 4.79 Å². The first-order valence-electron chi connectivity index (χ1n) is 10.6. The van der Waals surface area contributed by atoms with Crippen LogP contribution in [0.5, 0.6) is 0 Å². The van der Waals surface area contributed by atoms with Crippen LogP contribution in [-0.4, -0.2) is 81.9 Å². The quantitative estimate of drug-likeness (QED) is 0.570. The number of nitrogens with zero attached hydrogens (tertiary/aromatic N) is 6. The average Bonchev–Trinajstić information content (AvgIpc) is 3.28.